The van der Waals surface area contributed by atoms with Crippen LogP contribution in [0.2, 0.25) is 5.02 Å². The average Bonchev–Trinajstić information content (AvgIpc) is 2.26. The highest BCUT2D eigenvalue weighted by Crippen LogP contribution is 2.15. The van der Waals surface area contributed by atoms with Crippen LogP contribution >= 0.6 is 11.6 Å². The van der Waals surface area contributed by atoms with Gasteiger partial charge >= 0.3 is 0 Å². The molecule has 84 valence electrons. The molecule has 1 rings (SSSR count). The number of benzene rings is 1. The van der Waals surface area contributed by atoms with Crippen molar-refractivity contribution in [3.05, 3.63) is 34.9 Å². The summed E-state index contributed by atoms with van der Waals surface area (Å²) in [6, 6.07) is 8.00. The van der Waals surface area contributed by atoms with E-state index in [1.54, 1.807) is 0 Å². The maximum Gasteiger partial charge on any atom is 0.0662 e. The lowest BCUT2D eigenvalue weighted by atomic mass is 10.1. The van der Waals surface area contributed by atoms with Crippen LogP contribution in [-0.4, -0.2) is 17.8 Å². The van der Waals surface area contributed by atoms with Gasteiger partial charge in [-0.05, 0) is 31.0 Å². The van der Waals surface area contributed by atoms with E-state index in [9.17, 15) is 5.11 Å². The van der Waals surface area contributed by atoms with E-state index in [0.29, 0.717) is 6.54 Å². The van der Waals surface area contributed by atoms with Crippen molar-refractivity contribution in [2.45, 2.75) is 32.4 Å². The molecule has 1 aromatic rings. The van der Waals surface area contributed by atoms with Crippen molar-refractivity contribution < 1.29 is 5.11 Å². The molecule has 0 aromatic heterocycles. The number of rotatable bonds is 5. The first-order valence-electron chi connectivity index (χ1n) is 5.30. The summed E-state index contributed by atoms with van der Waals surface area (Å²) >= 11 is 5.81. The largest absolute Gasteiger partial charge is 0.392 e. The van der Waals surface area contributed by atoms with Gasteiger partial charge in [-0.15, -0.1) is 0 Å². The van der Waals surface area contributed by atoms with Gasteiger partial charge in [-0.3, -0.25) is 0 Å². The number of hydrogen-bond acceptors (Lipinski definition) is 2. The predicted molar refractivity (Wildman–Crippen MR) is 64.2 cm³/mol. The molecule has 0 saturated heterocycles. The van der Waals surface area contributed by atoms with Crippen LogP contribution in [-0.2, 0) is 0 Å². The molecular formula is C12H18ClNO. The van der Waals surface area contributed by atoms with Crippen molar-refractivity contribution in [3.63, 3.8) is 0 Å². The van der Waals surface area contributed by atoms with E-state index in [-0.39, 0.29) is 12.1 Å². The summed E-state index contributed by atoms with van der Waals surface area (Å²) in [6.07, 6.45) is 0.514. The molecule has 0 heterocycles. The molecule has 0 spiro atoms. The second kappa shape index (κ2) is 6.11. The normalized spacial score (nSPS) is 14.9. The summed E-state index contributed by atoms with van der Waals surface area (Å²) < 4.78 is 0. The SMILES string of the molecule is CCC(O)CNC(C)c1ccc(Cl)cc1. The van der Waals surface area contributed by atoms with Crippen molar-refractivity contribution in [2.24, 2.45) is 0 Å². The van der Waals surface area contributed by atoms with Crippen LogP contribution in [0.15, 0.2) is 24.3 Å². The van der Waals surface area contributed by atoms with Gasteiger partial charge in [-0.25, -0.2) is 0 Å². The molecule has 0 saturated carbocycles. The Balaban J connectivity index is 2.46. The van der Waals surface area contributed by atoms with Crippen LogP contribution in [0.5, 0.6) is 0 Å². The third-order valence-electron chi connectivity index (χ3n) is 2.50. The molecule has 0 bridgehead atoms. The molecular weight excluding hydrogens is 210 g/mol. The Morgan fingerprint density at radius 3 is 2.47 bits per heavy atom. The fourth-order valence-corrected chi connectivity index (χ4v) is 1.45. The highest BCUT2D eigenvalue weighted by atomic mass is 35.5. The number of halogens is 1. The van der Waals surface area contributed by atoms with Gasteiger partial charge in [0.2, 0.25) is 0 Å². The van der Waals surface area contributed by atoms with Gasteiger partial charge in [-0.1, -0.05) is 30.7 Å². The highest BCUT2D eigenvalue weighted by Gasteiger charge is 2.06. The van der Waals surface area contributed by atoms with Gasteiger partial charge in [0, 0.05) is 17.6 Å². The Bertz CT molecular complexity index is 286. The Labute approximate surface area is 96.3 Å². The summed E-state index contributed by atoms with van der Waals surface area (Å²) in [7, 11) is 0. The van der Waals surface area contributed by atoms with Crippen LogP contribution in [0.1, 0.15) is 31.9 Å². The quantitative estimate of drug-likeness (QED) is 0.811. The molecule has 2 unspecified atom stereocenters. The first-order chi connectivity index (χ1) is 7.13. The third kappa shape index (κ3) is 4.20. The Kier molecular flexibility index (Phi) is 5.09. The van der Waals surface area contributed by atoms with Gasteiger partial charge in [0.1, 0.15) is 0 Å². The van der Waals surface area contributed by atoms with Gasteiger partial charge < -0.3 is 10.4 Å². The molecule has 15 heavy (non-hydrogen) atoms. The predicted octanol–water partition coefficient (Wildman–Crippen LogP) is 2.76. The average molecular weight is 228 g/mol. The molecule has 0 aliphatic carbocycles. The van der Waals surface area contributed by atoms with E-state index in [4.69, 9.17) is 11.6 Å². The topological polar surface area (TPSA) is 32.3 Å². The Morgan fingerprint density at radius 1 is 1.33 bits per heavy atom. The molecule has 0 aliphatic rings. The number of hydrogen-bond donors (Lipinski definition) is 2. The zero-order valence-electron chi connectivity index (χ0n) is 9.20. The maximum atomic E-state index is 9.41. The second-order valence-electron chi connectivity index (χ2n) is 3.74. The van der Waals surface area contributed by atoms with Gasteiger partial charge in [0.25, 0.3) is 0 Å². The lowest BCUT2D eigenvalue weighted by Gasteiger charge is -2.16. The monoisotopic (exact) mass is 227 g/mol. The van der Waals surface area contributed by atoms with Crippen LogP contribution in [0.4, 0.5) is 0 Å². The lowest BCUT2D eigenvalue weighted by Crippen LogP contribution is -2.28. The lowest BCUT2D eigenvalue weighted by molar-refractivity contribution is 0.164. The van der Waals surface area contributed by atoms with Crippen molar-refractivity contribution in [1.82, 2.24) is 5.32 Å². The maximum absolute atomic E-state index is 9.41. The number of nitrogens with one attached hydrogen (secondary N) is 1. The van der Waals surface area contributed by atoms with Crippen molar-refractivity contribution >= 4 is 11.6 Å². The van der Waals surface area contributed by atoms with Crippen molar-refractivity contribution in [2.75, 3.05) is 6.54 Å². The Morgan fingerprint density at radius 2 is 1.93 bits per heavy atom. The van der Waals surface area contributed by atoms with Crippen LogP contribution < -0.4 is 5.32 Å². The molecule has 0 fully saturated rings. The summed E-state index contributed by atoms with van der Waals surface area (Å²) in [6.45, 7) is 4.67. The zero-order valence-corrected chi connectivity index (χ0v) is 9.96. The van der Waals surface area contributed by atoms with Crippen LogP contribution in [0.3, 0.4) is 0 Å². The minimum Gasteiger partial charge on any atom is -0.392 e. The van der Waals surface area contributed by atoms with E-state index in [1.807, 2.05) is 31.2 Å². The smallest absolute Gasteiger partial charge is 0.0662 e. The van der Waals surface area contributed by atoms with Crippen molar-refractivity contribution in [3.8, 4) is 0 Å². The summed E-state index contributed by atoms with van der Waals surface area (Å²) in [5.41, 5.74) is 1.18. The van der Waals surface area contributed by atoms with E-state index >= 15 is 0 Å². The summed E-state index contributed by atoms with van der Waals surface area (Å²) in [4.78, 5) is 0. The first-order valence-corrected chi connectivity index (χ1v) is 5.68. The van der Waals surface area contributed by atoms with E-state index in [1.165, 1.54) is 5.56 Å². The van der Waals surface area contributed by atoms with Gasteiger partial charge in [-0.2, -0.15) is 0 Å². The highest BCUT2D eigenvalue weighted by molar-refractivity contribution is 6.30. The zero-order chi connectivity index (χ0) is 11.3. The first kappa shape index (κ1) is 12.5. The van der Waals surface area contributed by atoms with E-state index < -0.39 is 0 Å². The number of aliphatic hydroxyl groups is 1. The van der Waals surface area contributed by atoms with Crippen molar-refractivity contribution in [1.29, 1.82) is 0 Å². The van der Waals surface area contributed by atoms with E-state index in [0.717, 1.165) is 11.4 Å². The molecule has 0 amide bonds. The van der Waals surface area contributed by atoms with Crippen LogP contribution in [0, 0.1) is 0 Å². The summed E-state index contributed by atoms with van der Waals surface area (Å²) in [5, 5.41) is 13.4. The van der Waals surface area contributed by atoms with Gasteiger partial charge in [0.05, 0.1) is 6.10 Å². The van der Waals surface area contributed by atoms with E-state index in [2.05, 4.69) is 12.2 Å². The fraction of sp³-hybridized carbons (Fsp3) is 0.500. The van der Waals surface area contributed by atoms with Gasteiger partial charge in [0.15, 0.2) is 0 Å². The standard InChI is InChI=1S/C12H18ClNO/c1-3-12(15)8-14-9(2)10-4-6-11(13)7-5-10/h4-7,9,12,14-15H,3,8H2,1-2H3. The summed E-state index contributed by atoms with van der Waals surface area (Å²) in [5.74, 6) is 0. The number of aliphatic hydroxyl groups excluding tert-OH is 1. The molecule has 2 N–H and O–H groups in total. The molecule has 0 aliphatic heterocycles. The molecule has 2 atom stereocenters. The second-order valence-corrected chi connectivity index (χ2v) is 4.18. The van der Waals surface area contributed by atoms with Crippen LogP contribution in [0.25, 0.3) is 0 Å². The molecule has 0 radical (unpaired) electrons. The Hall–Kier alpha value is -0.570. The minimum atomic E-state index is -0.264. The fourth-order valence-electron chi connectivity index (χ4n) is 1.33. The molecule has 2 nitrogen and oxygen atoms in total. The molecule has 3 heteroatoms. The third-order valence-corrected chi connectivity index (χ3v) is 2.75. The minimum absolute atomic E-state index is 0.239. The molecule has 1 aromatic carbocycles.